The molecular weight excluding hydrogens is 335 g/mol. The molecule has 7 heteroatoms. The van der Waals surface area contributed by atoms with Gasteiger partial charge in [0.2, 0.25) is 0 Å². The molecule has 0 bridgehead atoms. The first kappa shape index (κ1) is 18.6. The van der Waals surface area contributed by atoms with Gasteiger partial charge in [-0.1, -0.05) is 30.3 Å². The minimum atomic E-state index is -4.61. The largest absolute Gasteiger partial charge is 0.497 e. The van der Waals surface area contributed by atoms with Gasteiger partial charge in [-0.15, -0.1) is 0 Å². The lowest BCUT2D eigenvalue weighted by molar-refractivity contribution is -0.165. The SMILES string of the molecule is COc1ccc(O[C@@H](C)C(=O)N[C@H](c2ccccc2)C(F)(F)F)cc1. The Morgan fingerprint density at radius 1 is 1.00 bits per heavy atom. The van der Waals surface area contributed by atoms with Crippen LogP contribution in [-0.2, 0) is 4.79 Å². The lowest BCUT2D eigenvalue weighted by Gasteiger charge is -2.24. The van der Waals surface area contributed by atoms with E-state index in [0.29, 0.717) is 11.5 Å². The number of carbonyl (C=O) groups excluding carboxylic acids is 1. The van der Waals surface area contributed by atoms with E-state index in [4.69, 9.17) is 9.47 Å². The van der Waals surface area contributed by atoms with E-state index in [1.807, 2.05) is 5.32 Å². The predicted molar refractivity (Wildman–Crippen MR) is 86.5 cm³/mol. The number of rotatable bonds is 6. The van der Waals surface area contributed by atoms with Gasteiger partial charge in [0.05, 0.1) is 7.11 Å². The Morgan fingerprint density at radius 2 is 1.56 bits per heavy atom. The molecule has 0 unspecified atom stereocenters. The van der Waals surface area contributed by atoms with Crippen molar-refractivity contribution in [3.8, 4) is 11.5 Å². The highest BCUT2D eigenvalue weighted by molar-refractivity contribution is 5.81. The maximum absolute atomic E-state index is 13.3. The molecule has 0 fully saturated rings. The summed E-state index contributed by atoms with van der Waals surface area (Å²) in [4.78, 5) is 12.1. The summed E-state index contributed by atoms with van der Waals surface area (Å²) in [5.41, 5.74) is -0.0417. The quantitative estimate of drug-likeness (QED) is 0.857. The summed E-state index contributed by atoms with van der Waals surface area (Å²) in [7, 11) is 1.51. The van der Waals surface area contributed by atoms with Gasteiger partial charge in [0, 0.05) is 0 Å². The van der Waals surface area contributed by atoms with Crippen LogP contribution in [0.5, 0.6) is 11.5 Å². The second kappa shape index (κ2) is 7.92. The monoisotopic (exact) mass is 353 g/mol. The molecule has 1 N–H and O–H groups in total. The molecule has 0 saturated heterocycles. The number of methoxy groups -OCH3 is 1. The number of halogens is 3. The Morgan fingerprint density at radius 3 is 2.08 bits per heavy atom. The van der Waals surface area contributed by atoms with Crippen molar-refractivity contribution in [1.82, 2.24) is 5.32 Å². The molecule has 0 aromatic heterocycles. The van der Waals surface area contributed by atoms with Crippen LogP contribution in [0, 0.1) is 0 Å². The summed E-state index contributed by atoms with van der Waals surface area (Å²) in [6.45, 7) is 1.39. The second-order valence-corrected chi connectivity index (χ2v) is 5.33. The van der Waals surface area contributed by atoms with Gasteiger partial charge >= 0.3 is 6.18 Å². The average Bonchev–Trinajstić information content (AvgIpc) is 2.59. The summed E-state index contributed by atoms with van der Waals surface area (Å²) in [5, 5.41) is 2.00. The van der Waals surface area contributed by atoms with Gasteiger partial charge in [-0.25, -0.2) is 0 Å². The maximum Gasteiger partial charge on any atom is 0.412 e. The van der Waals surface area contributed by atoms with Crippen molar-refractivity contribution in [2.45, 2.75) is 25.2 Å². The van der Waals surface area contributed by atoms with Crippen LogP contribution in [0.25, 0.3) is 0 Å². The third-order valence-electron chi connectivity index (χ3n) is 3.49. The van der Waals surface area contributed by atoms with E-state index in [1.165, 1.54) is 38.3 Å². The summed E-state index contributed by atoms with van der Waals surface area (Å²) < 4.78 is 50.2. The van der Waals surface area contributed by atoms with E-state index in [0.717, 1.165) is 0 Å². The molecule has 0 aliphatic rings. The normalized spacial score (nSPS) is 13.6. The molecule has 1 amide bonds. The Kier molecular flexibility index (Phi) is 5.90. The highest BCUT2D eigenvalue weighted by atomic mass is 19.4. The lowest BCUT2D eigenvalue weighted by atomic mass is 10.1. The molecule has 2 rings (SSSR count). The number of ether oxygens (including phenoxy) is 2. The van der Waals surface area contributed by atoms with E-state index < -0.39 is 24.2 Å². The highest BCUT2D eigenvalue weighted by Gasteiger charge is 2.42. The molecular formula is C18H18F3NO3. The number of benzene rings is 2. The van der Waals surface area contributed by atoms with Crippen molar-refractivity contribution < 1.29 is 27.4 Å². The van der Waals surface area contributed by atoms with Crippen molar-refractivity contribution in [3.63, 3.8) is 0 Å². The number of hydrogen-bond donors (Lipinski definition) is 1. The van der Waals surface area contributed by atoms with E-state index >= 15 is 0 Å². The van der Waals surface area contributed by atoms with Crippen molar-refractivity contribution in [3.05, 3.63) is 60.2 Å². The number of nitrogens with one attached hydrogen (secondary N) is 1. The molecule has 25 heavy (non-hydrogen) atoms. The maximum atomic E-state index is 13.3. The third-order valence-corrected chi connectivity index (χ3v) is 3.49. The first-order valence-corrected chi connectivity index (χ1v) is 7.54. The fourth-order valence-electron chi connectivity index (χ4n) is 2.17. The first-order valence-electron chi connectivity index (χ1n) is 7.54. The standard InChI is InChI=1S/C18H18F3NO3/c1-12(25-15-10-8-14(24-2)9-11-15)17(23)22-16(18(19,20)21)13-6-4-3-5-7-13/h3-12,16H,1-2H3,(H,22,23)/t12-,16+/m0/s1. The van der Waals surface area contributed by atoms with Gasteiger partial charge in [0.25, 0.3) is 5.91 Å². The molecule has 0 spiro atoms. The number of hydrogen-bond acceptors (Lipinski definition) is 3. The van der Waals surface area contributed by atoms with Crippen LogP contribution in [0.15, 0.2) is 54.6 Å². The molecule has 0 heterocycles. The van der Waals surface area contributed by atoms with Crippen LogP contribution in [0.1, 0.15) is 18.5 Å². The zero-order valence-electron chi connectivity index (χ0n) is 13.7. The van der Waals surface area contributed by atoms with Crippen LogP contribution >= 0.6 is 0 Å². The molecule has 2 atom stereocenters. The van der Waals surface area contributed by atoms with E-state index in [9.17, 15) is 18.0 Å². The molecule has 0 aliphatic carbocycles. The van der Waals surface area contributed by atoms with Crippen LogP contribution < -0.4 is 14.8 Å². The van der Waals surface area contributed by atoms with Gasteiger partial charge in [-0.3, -0.25) is 4.79 Å². The predicted octanol–water partition coefficient (Wildman–Crippen LogP) is 3.88. The molecule has 0 radical (unpaired) electrons. The van der Waals surface area contributed by atoms with Gasteiger partial charge in [0.15, 0.2) is 12.1 Å². The van der Waals surface area contributed by atoms with Crippen molar-refractivity contribution in [2.75, 3.05) is 7.11 Å². The highest BCUT2D eigenvalue weighted by Crippen LogP contribution is 2.32. The minimum Gasteiger partial charge on any atom is -0.497 e. The minimum absolute atomic E-state index is 0.0417. The Bertz CT molecular complexity index is 687. The van der Waals surface area contributed by atoms with Gasteiger partial charge in [-0.2, -0.15) is 13.2 Å². The first-order chi connectivity index (χ1) is 11.8. The summed E-state index contributed by atoms with van der Waals surface area (Å²) >= 11 is 0. The Hall–Kier alpha value is -2.70. The zero-order valence-corrected chi connectivity index (χ0v) is 13.7. The molecule has 134 valence electrons. The molecule has 0 saturated carbocycles. The second-order valence-electron chi connectivity index (χ2n) is 5.33. The molecule has 2 aromatic carbocycles. The van der Waals surface area contributed by atoms with E-state index in [1.54, 1.807) is 30.3 Å². The fraction of sp³-hybridized carbons (Fsp3) is 0.278. The number of amides is 1. The molecule has 4 nitrogen and oxygen atoms in total. The van der Waals surface area contributed by atoms with Crippen LogP contribution in [0.3, 0.4) is 0 Å². The van der Waals surface area contributed by atoms with Crippen molar-refractivity contribution in [1.29, 1.82) is 0 Å². The molecule has 2 aromatic rings. The lowest BCUT2D eigenvalue weighted by Crippen LogP contribution is -2.43. The Labute approximate surface area is 143 Å². The molecule has 0 aliphatic heterocycles. The number of alkyl halides is 3. The average molecular weight is 353 g/mol. The van der Waals surface area contributed by atoms with Gasteiger partial charge in [0.1, 0.15) is 11.5 Å². The van der Waals surface area contributed by atoms with Crippen LogP contribution in [-0.4, -0.2) is 25.3 Å². The summed E-state index contributed by atoms with van der Waals surface area (Å²) in [6.07, 6.45) is -5.71. The topological polar surface area (TPSA) is 47.6 Å². The smallest absolute Gasteiger partial charge is 0.412 e. The van der Waals surface area contributed by atoms with E-state index in [-0.39, 0.29) is 5.56 Å². The zero-order chi connectivity index (χ0) is 18.4. The van der Waals surface area contributed by atoms with Crippen molar-refractivity contribution >= 4 is 5.91 Å². The van der Waals surface area contributed by atoms with Crippen LogP contribution in [0.4, 0.5) is 13.2 Å². The third kappa shape index (κ3) is 5.14. The van der Waals surface area contributed by atoms with Gasteiger partial charge in [-0.05, 0) is 36.8 Å². The van der Waals surface area contributed by atoms with Crippen LogP contribution in [0.2, 0.25) is 0 Å². The summed E-state index contributed by atoms with van der Waals surface area (Å²) in [6, 6.07) is 11.5. The van der Waals surface area contributed by atoms with Crippen molar-refractivity contribution in [2.24, 2.45) is 0 Å². The Balaban J connectivity index is 2.06. The fourth-order valence-corrected chi connectivity index (χ4v) is 2.17. The summed E-state index contributed by atoms with van der Waals surface area (Å²) in [5.74, 6) is 0.0967. The number of carbonyl (C=O) groups is 1. The van der Waals surface area contributed by atoms with Gasteiger partial charge < -0.3 is 14.8 Å². The van der Waals surface area contributed by atoms with E-state index in [2.05, 4.69) is 0 Å².